The average Bonchev–Trinajstić information content (AvgIpc) is 3.10. The number of guanidine groups is 1. The van der Waals surface area contributed by atoms with Gasteiger partial charge >= 0.3 is 0 Å². The molecule has 1 aliphatic heterocycles. The maximum Gasteiger partial charge on any atom is 0.193 e. The van der Waals surface area contributed by atoms with Crippen LogP contribution in [0.2, 0.25) is 0 Å². The molecule has 1 aliphatic rings. The van der Waals surface area contributed by atoms with E-state index in [4.69, 9.17) is 15.2 Å². The van der Waals surface area contributed by atoms with Gasteiger partial charge in [-0.1, -0.05) is 24.3 Å². The third kappa shape index (κ3) is 4.62. The fourth-order valence-corrected chi connectivity index (χ4v) is 3.01. The molecule has 2 aromatic carbocycles. The van der Waals surface area contributed by atoms with Crippen molar-refractivity contribution in [2.24, 2.45) is 10.7 Å². The molecule has 0 fully saturated rings. The number of anilines is 1. The van der Waals surface area contributed by atoms with E-state index in [0.29, 0.717) is 25.7 Å². The van der Waals surface area contributed by atoms with E-state index < -0.39 is 0 Å². The first-order chi connectivity index (χ1) is 13.8. The first-order valence-corrected chi connectivity index (χ1v) is 9.28. The van der Waals surface area contributed by atoms with Crippen LogP contribution >= 0.6 is 0 Å². The Labute approximate surface area is 163 Å². The molecule has 0 unspecified atom stereocenters. The summed E-state index contributed by atoms with van der Waals surface area (Å²) in [5, 5.41) is 7.35. The van der Waals surface area contributed by atoms with Gasteiger partial charge < -0.3 is 20.5 Å². The number of aliphatic imine (C=N–C) groups is 1. The zero-order chi connectivity index (χ0) is 19.2. The standard InChI is InChI=1S/C21H23N5O2/c22-21(25-18-6-7-19-20(13-18)28-11-3-10-27-19)23-14-16-4-1-5-17(12-16)15-26-9-2-8-24-26/h1-2,4-9,12-13H,3,10-11,14-15H2,(H3,22,23,25). The van der Waals surface area contributed by atoms with E-state index in [1.54, 1.807) is 6.20 Å². The summed E-state index contributed by atoms with van der Waals surface area (Å²) in [6.45, 7) is 2.55. The van der Waals surface area contributed by atoms with Gasteiger partial charge in [0.1, 0.15) is 0 Å². The lowest BCUT2D eigenvalue weighted by Gasteiger charge is -2.11. The van der Waals surface area contributed by atoms with Crippen molar-refractivity contribution < 1.29 is 9.47 Å². The molecule has 0 radical (unpaired) electrons. The molecule has 28 heavy (non-hydrogen) atoms. The predicted molar refractivity (Wildman–Crippen MR) is 109 cm³/mol. The Balaban J connectivity index is 1.39. The minimum atomic E-state index is 0.354. The number of nitrogens with zero attached hydrogens (tertiary/aromatic N) is 3. The summed E-state index contributed by atoms with van der Waals surface area (Å²) in [5.41, 5.74) is 9.14. The number of nitrogens with one attached hydrogen (secondary N) is 1. The quantitative estimate of drug-likeness (QED) is 0.527. The number of nitrogens with two attached hydrogens (primary N) is 1. The lowest BCUT2D eigenvalue weighted by molar-refractivity contribution is 0.297. The zero-order valence-corrected chi connectivity index (χ0v) is 15.5. The largest absolute Gasteiger partial charge is 0.490 e. The Morgan fingerprint density at radius 2 is 1.93 bits per heavy atom. The fraction of sp³-hybridized carbons (Fsp3) is 0.238. The van der Waals surface area contributed by atoms with Crippen LogP contribution in [0.4, 0.5) is 5.69 Å². The molecular formula is C21H23N5O2. The van der Waals surface area contributed by atoms with Crippen molar-refractivity contribution in [3.8, 4) is 11.5 Å². The van der Waals surface area contributed by atoms with Crippen molar-refractivity contribution in [1.29, 1.82) is 0 Å². The predicted octanol–water partition coefficient (Wildman–Crippen LogP) is 3.02. The summed E-state index contributed by atoms with van der Waals surface area (Å²) in [7, 11) is 0. The number of fused-ring (bicyclic) bond motifs is 1. The zero-order valence-electron chi connectivity index (χ0n) is 15.5. The van der Waals surface area contributed by atoms with E-state index in [2.05, 4.69) is 27.5 Å². The van der Waals surface area contributed by atoms with Gasteiger partial charge in [-0.05, 0) is 29.3 Å². The highest BCUT2D eigenvalue weighted by atomic mass is 16.5. The highest BCUT2D eigenvalue weighted by Gasteiger charge is 2.10. The highest BCUT2D eigenvalue weighted by molar-refractivity contribution is 5.92. The Kier molecular flexibility index (Phi) is 5.42. The molecule has 0 spiro atoms. The molecule has 0 saturated heterocycles. The van der Waals surface area contributed by atoms with Gasteiger partial charge in [-0.2, -0.15) is 5.10 Å². The van der Waals surface area contributed by atoms with E-state index in [-0.39, 0.29) is 0 Å². The second kappa shape index (κ2) is 8.47. The van der Waals surface area contributed by atoms with Crippen LogP contribution < -0.4 is 20.5 Å². The lowest BCUT2D eigenvalue weighted by atomic mass is 10.1. The summed E-state index contributed by atoms with van der Waals surface area (Å²) < 4.78 is 13.2. The van der Waals surface area contributed by atoms with Gasteiger partial charge in [-0.25, -0.2) is 4.99 Å². The first kappa shape index (κ1) is 17.9. The van der Waals surface area contributed by atoms with Gasteiger partial charge in [0.05, 0.1) is 26.3 Å². The van der Waals surface area contributed by atoms with E-state index in [9.17, 15) is 0 Å². The second-order valence-corrected chi connectivity index (χ2v) is 6.56. The van der Waals surface area contributed by atoms with Gasteiger partial charge in [0.25, 0.3) is 0 Å². The molecule has 0 bridgehead atoms. The van der Waals surface area contributed by atoms with Crippen LogP contribution in [-0.4, -0.2) is 29.0 Å². The van der Waals surface area contributed by atoms with E-state index in [1.807, 2.05) is 47.3 Å². The molecule has 2 heterocycles. The number of hydrogen-bond donors (Lipinski definition) is 2. The summed E-state index contributed by atoms with van der Waals surface area (Å²) >= 11 is 0. The highest BCUT2D eigenvalue weighted by Crippen LogP contribution is 2.32. The monoisotopic (exact) mass is 377 g/mol. The molecule has 3 aromatic rings. The number of aromatic nitrogens is 2. The van der Waals surface area contributed by atoms with Crippen molar-refractivity contribution in [3.05, 3.63) is 72.1 Å². The van der Waals surface area contributed by atoms with Crippen LogP contribution in [0.1, 0.15) is 17.5 Å². The van der Waals surface area contributed by atoms with Crippen molar-refractivity contribution in [2.45, 2.75) is 19.5 Å². The molecule has 0 aliphatic carbocycles. The van der Waals surface area contributed by atoms with Crippen molar-refractivity contribution >= 4 is 11.6 Å². The molecule has 4 rings (SSSR count). The number of ether oxygens (including phenoxy) is 2. The molecule has 144 valence electrons. The Hall–Kier alpha value is -3.48. The van der Waals surface area contributed by atoms with Crippen LogP contribution in [0.25, 0.3) is 0 Å². The molecule has 1 aromatic heterocycles. The molecule has 0 saturated carbocycles. The van der Waals surface area contributed by atoms with E-state index in [1.165, 1.54) is 5.56 Å². The van der Waals surface area contributed by atoms with Gasteiger partial charge in [-0.3, -0.25) is 4.68 Å². The SMILES string of the molecule is NC(=NCc1cccc(Cn2cccn2)c1)Nc1ccc2c(c1)OCCCO2. The average molecular weight is 377 g/mol. The lowest BCUT2D eigenvalue weighted by Crippen LogP contribution is -2.22. The Morgan fingerprint density at radius 3 is 2.79 bits per heavy atom. The maximum atomic E-state index is 6.06. The summed E-state index contributed by atoms with van der Waals surface area (Å²) in [5.74, 6) is 1.83. The normalized spacial score (nSPS) is 13.8. The second-order valence-electron chi connectivity index (χ2n) is 6.56. The molecule has 0 amide bonds. The van der Waals surface area contributed by atoms with Gasteiger partial charge in [0, 0.05) is 30.6 Å². The number of rotatable bonds is 5. The van der Waals surface area contributed by atoms with E-state index in [0.717, 1.165) is 35.7 Å². The van der Waals surface area contributed by atoms with E-state index >= 15 is 0 Å². The Morgan fingerprint density at radius 1 is 1.07 bits per heavy atom. The number of benzene rings is 2. The molecule has 0 atom stereocenters. The molecule has 7 nitrogen and oxygen atoms in total. The van der Waals surface area contributed by atoms with Crippen LogP contribution in [0.15, 0.2) is 65.9 Å². The summed E-state index contributed by atoms with van der Waals surface area (Å²) in [4.78, 5) is 4.45. The van der Waals surface area contributed by atoms with Crippen LogP contribution in [-0.2, 0) is 13.1 Å². The van der Waals surface area contributed by atoms with Crippen molar-refractivity contribution in [3.63, 3.8) is 0 Å². The van der Waals surface area contributed by atoms with Crippen molar-refractivity contribution in [2.75, 3.05) is 18.5 Å². The van der Waals surface area contributed by atoms with Crippen molar-refractivity contribution in [1.82, 2.24) is 9.78 Å². The van der Waals surface area contributed by atoms with Gasteiger partial charge in [-0.15, -0.1) is 0 Å². The first-order valence-electron chi connectivity index (χ1n) is 9.28. The van der Waals surface area contributed by atoms with Crippen LogP contribution in [0.3, 0.4) is 0 Å². The molecule has 7 heteroatoms. The number of hydrogen-bond acceptors (Lipinski definition) is 4. The maximum absolute atomic E-state index is 6.06. The van der Waals surface area contributed by atoms with Gasteiger partial charge in [0.15, 0.2) is 17.5 Å². The summed E-state index contributed by atoms with van der Waals surface area (Å²) in [6.07, 6.45) is 4.60. The summed E-state index contributed by atoms with van der Waals surface area (Å²) in [6, 6.07) is 15.8. The third-order valence-corrected chi connectivity index (χ3v) is 4.35. The topological polar surface area (TPSA) is 86.7 Å². The Bertz CT molecular complexity index is 953. The van der Waals surface area contributed by atoms with Gasteiger partial charge in [0.2, 0.25) is 0 Å². The fourth-order valence-electron chi connectivity index (χ4n) is 3.01. The van der Waals surface area contributed by atoms with Crippen LogP contribution in [0.5, 0.6) is 11.5 Å². The minimum Gasteiger partial charge on any atom is -0.490 e. The smallest absolute Gasteiger partial charge is 0.193 e. The molecule has 3 N–H and O–H groups in total. The van der Waals surface area contributed by atoms with Crippen LogP contribution in [0, 0.1) is 0 Å². The minimum absolute atomic E-state index is 0.354. The third-order valence-electron chi connectivity index (χ3n) is 4.35. The molecular weight excluding hydrogens is 354 g/mol.